The molecule has 204 valence electrons. The van der Waals surface area contributed by atoms with Crippen molar-refractivity contribution in [2.45, 2.75) is 79.1 Å². The van der Waals surface area contributed by atoms with Gasteiger partial charge in [-0.05, 0) is 24.7 Å². The first-order valence-corrected chi connectivity index (χ1v) is 12.4. The number of aliphatic carboxylic acids is 1. The summed E-state index contributed by atoms with van der Waals surface area (Å²) < 4.78 is 10.5. The number of carboxylic acid groups (broad SMARTS) is 1. The Balaban J connectivity index is -0.000000913. The van der Waals surface area contributed by atoms with Gasteiger partial charge in [-0.15, -0.1) is 0 Å². The van der Waals surface area contributed by atoms with Gasteiger partial charge in [0.25, 0.3) is 0 Å². The molecule has 0 spiro atoms. The summed E-state index contributed by atoms with van der Waals surface area (Å²) >= 11 is 0. The number of allylic oxidation sites excluding steroid dienone is 4. The van der Waals surface area contributed by atoms with Crippen molar-refractivity contribution in [1.29, 1.82) is 0 Å². The topological polar surface area (TPSA) is 124 Å². The highest BCUT2D eigenvalue weighted by molar-refractivity contribution is 5.84. The summed E-state index contributed by atoms with van der Waals surface area (Å²) in [6, 6.07) is 0. The van der Waals surface area contributed by atoms with Crippen LogP contribution >= 0.6 is 0 Å². The number of carboxylic acids is 1. The fourth-order valence-corrected chi connectivity index (χ4v) is 2.71. The molecule has 0 rings (SSSR count). The first-order chi connectivity index (χ1) is 17.2. The van der Waals surface area contributed by atoms with Crippen LogP contribution in [0.25, 0.3) is 0 Å². The van der Waals surface area contributed by atoms with Crippen molar-refractivity contribution in [3.63, 3.8) is 0 Å². The van der Waals surface area contributed by atoms with Gasteiger partial charge in [0.15, 0.2) is 0 Å². The lowest BCUT2D eigenvalue weighted by Gasteiger charge is -2.13. The van der Waals surface area contributed by atoms with Gasteiger partial charge < -0.3 is 14.6 Å². The average Bonchev–Trinajstić information content (AvgIpc) is 2.86. The van der Waals surface area contributed by atoms with Gasteiger partial charge >= 0.3 is 24.1 Å². The molecule has 8 heteroatoms. The van der Waals surface area contributed by atoms with Crippen LogP contribution in [0.4, 0.5) is 0 Å². The number of hydrogen-bond donors (Lipinski definition) is 1. The Morgan fingerprint density at radius 2 is 1.17 bits per heavy atom. The molecule has 0 aromatic rings. The smallest absolute Gasteiger partial charge is 0.373 e. The van der Waals surface area contributed by atoms with Crippen LogP contribution < -0.4 is 0 Å². The number of carbonyl (C=O) groups excluding carboxylic acids is 4. The molecule has 36 heavy (non-hydrogen) atoms. The minimum atomic E-state index is -0.945. The second kappa shape index (κ2) is 29.8. The van der Waals surface area contributed by atoms with E-state index in [0.29, 0.717) is 25.0 Å². The molecular formula is C28H44O8. The zero-order valence-electron chi connectivity index (χ0n) is 22.3. The molecule has 2 atom stereocenters. The zero-order valence-corrected chi connectivity index (χ0v) is 22.3. The van der Waals surface area contributed by atoms with Crippen LogP contribution in [0, 0.1) is 11.8 Å². The molecule has 0 aliphatic heterocycles. The molecule has 0 bridgehead atoms. The third-order valence-corrected chi connectivity index (χ3v) is 4.96. The predicted octanol–water partition coefficient (Wildman–Crippen LogP) is 5.85. The number of carbonyl (C=O) groups is 3. The summed E-state index contributed by atoms with van der Waals surface area (Å²) in [6.45, 7) is 12.8. The predicted molar refractivity (Wildman–Crippen MR) is 139 cm³/mol. The third-order valence-electron chi connectivity index (χ3n) is 4.96. The van der Waals surface area contributed by atoms with Crippen LogP contribution in [0.3, 0.4) is 0 Å². The fraction of sp³-hybridized carbons (Fsp3) is 0.571. The van der Waals surface area contributed by atoms with E-state index in [1.807, 2.05) is 0 Å². The zero-order chi connectivity index (χ0) is 28.0. The van der Waals surface area contributed by atoms with Crippen molar-refractivity contribution in [2.75, 3.05) is 13.2 Å². The summed E-state index contributed by atoms with van der Waals surface area (Å²) in [5.41, 5.74) is 0. The minimum Gasteiger partial charge on any atom is -0.478 e. The van der Waals surface area contributed by atoms with Gasteiger partial charge in [-0.1, -0.05) is 97.1 Å². The van der Waals surface area contributed by atoms with Crippen LogP contribution in [-0.4, -0.2) is 42.4 Å². The lowest BCUT2D eigenvalue weighted by Crippen LogP contribution is -2.12. The normalized spacial score (nSPS) is 12.0. The van der Waals surface area contributed by atoms with Crippen LogP contribution in [0.15, 0.2) is 49.1 Å². The van der Waals surface area contributed by atoms with Gasteiger partial charge in [0, 0.05) is 18.2 Å². The first kappa shape index (κ1) is 37.3. The fourth-order valence-electron chi connectivity index (χ4n) is 2.71. The van der Waals surface area contributed by atoms with Crippen LogP contribution in [0.5, 0.6) is 0 Å². The second-order valence-corrected chi connectivity index (χ2v) is 7.83. The van der Waals surface area contributed by atoms with Crippen molar-refractivity contribution >= 4 is 24.1 Å². The Hall–Kier alpha value is -3.25. The average molecular weight is 509 g/mol. The number of rotatable bonds is 17. The van der Waals surface area contributed by atoms with Crippen LogP contribution in [0.2, 0.25) is 0 Å². The van der Waals surface area contributed by atoms with Gasteiger partial charge in [0.05, 0.1) is 13.2 Å². The Bertz CT molecular complexity index is 660. The molecule has 0 saturated heterocycles. The summed E-state index contributed by atoms with van der Waals surface area (Å²) in [4.78, 5) is 49.2. The molecule has 0 aromatic heterocycles. The van der Waals surface area contributed by atoms with Gasteiger partial charge in [0.2, 0.25) is 0 Å². The monoisotopic (exact) mass is 508 g/mol. The molecule has 2 unspecified atom stereocenters. The molecule has 1 N–H and O–H groups in total. The van der Waals surface area contributed by atoms with E-state index in [-0.39, 0.29) is 18.1 Å². The maximum Gasteiger partial charge on any atom is 0.373 e. The SMILES string of the molecule is C=C/C=C/C(=O)O.CCCCC(CC)COC(=O)/C=C/C=C/C(=O)OCC(CC)CCCC.O=C=O. The molecule has 0 saturated carbocycles. The van der Waals surface area contributed by atoms with E-state index < -0.39 is 5.97 Å². The molecular weight excluding hydrogens is 464 g/mol. The standard InChI is InChI=1S/C22H38O4.C5H6O2.CO2/c1-5-9-13-19(7-3)17-25-21(23)15-11-12-16-22(24)26-18-20(8-4)14-10-6-2;1-2-3-4-5(6)7;2-1-3/h11-12,15-16,19-20H,5-10,13-14,17-18H2,1-4H3;2-4H,1H2,(H,6,7);/b15-11+,16-12+;4-3+;. The first-order valence-electron chi connectivity index (χ1n) is 12.4. The lowest BCUT2D eigenvalue weighted by molar-refractivity contribution is -0.191. The van der Waals surface area contributed by atoms with Crippen molar-refractivity contribution in [3.05, 3.63) is 49.1 Å². The van der Waals surface area contributed by atoms with E-state index in [9.17, 15) is 14.4 Å². The maximum absolute atomic E-state index is 11.7. The number of unbranched alkanes of at least 4 members (excludes halogenated alkanes) is 2. The molecule has 0 heterocycles. The number of hydrogen-bond acceptors (Lipinski definition) is 7. The van der Waals surface area contributed by atoms with E-state index in [2.05, 4.69) is 34.3 Å². The molecule has 0 radical (unpaired) electrons. The molecule has 0 fully saturated rings. The van der Waals surface area contributed by atoms with Crippen LogP contribution in [0.1, 0.15) is 79.1 Å². The molecule has 0 aliphatic carbocycles. The highest BCUT2D eigenvalue weighted by atomic mass is 16.5. The minimum absolute atomic E-state index is 0.250. The van der Waals surface area contributed by atoms with E-state index in [1.165, 1.54) is 36.5 Å². The summed E-state index contributed by atoms with van der Waals surface area (Å²) in [5, 5.41) is 7.91. The van der Waals surface area contributed by atoms with E-state index in [0.717, 1.165) is 57.4 Å². The van der Waals surface area contributed by atoms with Crippen molar-refractivity contribution < 1.29 is 38.6 Å². The van der Waals surface area contributed by atoms with Gasteiger partial charge in [-0.2, -0.15) is 9.59 Å². The summed E-state index contributed by atoms with van der Waals surface area (Å²) in [7, 11) is 0. The van der Waals surface area contributed by atoms with Crippen molar-refractivity contribution in [1.82, 2.24) is 0 Å². The highest BCUT2D eigenvalue weighted by Gasteiger charge is 2.09. The molecule has 0 aliphatic rings. The summed E-state index contributed by atoms with van der Waals surface area (Å²) in [6.07, 6.45) is 18.6. The molecule has 8 nitrogen and oxygen atoms in total. The lowest BCUT2D eigenvalue weighted by atomic mass is 10.0. The Morgan fingerprint density at radius 3 is 1.42 bits per heavy atom. The Kier molecular flexibility index (Phi) is 30.9. The van der Waals surface area contributed by atoms with E-state index in [4.69, 9.17) is 24.2 Å². The van der Waals surface area contributed by atoms with Crippen molar-refractivity contribution in [2.24, 2.45) is 11.8 Å². The van der Waals surface area contributed by atoms with Gasteiger partial charge in [-0.25, -0.2) is 14.4 Å². The maximum atomic E-state index is 11.7. The Morgan fingerprint density at radius 1 is 0.778 bits per heavy atom. The van der Waals surface area contributed by atoms with E-state index in [1.54, 1.807) is 0 Å². The Labute approximate surface area is 216 Å². The number of ether oxygens (including phenoxy) is 2. The third kappa shape index (κ3) is 30.8. The highest BCUT2D eigenvalue weighted by Crippen LogP contribution is 2.13. The molecule has 0 amide bonds. The van der Waals surface area contributed by atoms with E-state index >= 15 is 0 Å². The van der Waals surface area contributed by atoms with Crippen LogP contribution in [-0.2, 0) is 33.4 Å². The van der Waals surface area contributed by atoms with Gasteiger partial charge in [-0.3, -0.25) is 0 Å². The number of esters is 2. The quantitative estimate of drug-likeness (QED) is 0.147. The van der Waals surface area contributed by atoms with Crippen molar-refractivity contribution in [3.8, 4) is 0 Å². The molecule has 0 aromatic carbocycles. The second-order valence-electron chi connectivity index (χ2n) is 7.83. The van der Waals surface area contributed by atoms with Gasteiger partial charge in [0.1, 0.15) is 0 Å². The largest absolute Gasteiger partial charge is 0.478 e. The summed E-state index contributed by atoms with van der Waals surface area (Å²) in [5.74, 6) is -0.832.